The Bertz CT molecular complexity index is 1320. The number of hydrogen-bond acceptors (Lipinski definition) is 5. The van der Waals surface area contributed by atoms with Crippen molar-refractivity contribution in [3.8, 4) is 5.75 Å². The second-order valence-electron chi connectivity index (χ2n) is 7.42. The molecular weight excluding hydrogens is 452 g/mol. The molecule has 1 amide bonds. The smallest absolute Gasteiger partial charge is 0.261 e. The number of benzene rings is 3. The number of anilines is 1. The summed E-state index contributed by atoms with van der Waals surface area (Å²) in [6, 6.07) is 24.9. The lowest BCUT2D eigenvalue weighted by Crippen LogP contribution is -2.29. The van der Waals surface area contributed by atoms with Crippen LogP contribution in [-0.4, -0.2) is 20.9 Å². The first-order chi connectivity index (χ1) is 16.5. The summed E-state index contributed by atoms with van der Waals surface area (Å²) in [5.41, 5.74) is 1.60. The third-order valence-corrected chi connectivity index (χ3v) is 6.48. The maximum absolute atomic E-state index is 12.9. The summed E-state index contributed by atoms with van der Waals surface area (Å²) in [6.07, 6.45) is 1.55. The van der Waals surface area contributed by atoms with Crippen LogP contribution in [0.3, 0.4) is 0 Å². The Kier molecular flexibility index (Phi) is 6.98. The number of carbonyl (C=O) groups is 1. The molecule has 0 bridgehead atoms. The fourth-order valence-electron chi connectivity index (χ4n) is 3.42. The summed E-state index contributed by atoms with van der Waals surface area (Å²) in [5.74, 6) is 0.899. The van der Waals surface area contributed by atoms with Crippen molar-refractivity contribution in [2.24, 2.45) is 0 Å². The lowest BCUT2D eigenvalue weighted by atomic mass is 10.0. The van der Waals surface area contributed by atoms with E-state index in [1.54, 1.807) is 42.7 Å². The van der Waals surface area contributed by atoms with Crippen LogP contribution in [0.25, 0.3) is 0 Å². The van der Waals surface area contributed by atoms with Crippen molar-refractivity contribution in [1.82, 2.24) is 5.32 Å². The molecule has 4 rings (SSSR count). The van der Waals surface area contributed by atoms with Gasteiger partial charge in [0.15, 0.2) is 0 Å². The maximum atomic E-state index is 12.9. The van der Waals surface area contributed by atoms with Crippen molar-refractivity contribution in [1.29, 1.82) is 0 Å². The van der Waals surface area contributed by atoms with Crippen molar-refractivity contribution in [3.05, 3.63) is 114 Å². The van der Waals surface area contributed by atoms with Crippen molar-refractivity contribution < 1.29 is 22.4 Å². The Morgan fingerprint density at radius 1 is 0.912 bits per heavy atom. The lowest BCUT2D eigenvalue weighted by Gasteiger charge is -2.17. The van der Waals surface area contributed by atoms with E-state index in [1.807, 2.05) is 37.3 Å². The second kappa shape index (κ2) is 10.3. The number of carbonyl (C=O) groups excluding carboxylic acids is 1. The number of ether oxygens (including phenoxy) is 1. The largest absolute Gasteiger partial charge is 0.494 e. The molecular formula is C26H24N2O5S. The fourth-order valence-corrected chi connectivity index (χ4v) is 4.48. The Morgan fingerprint density at radius 3 is 2.24 bits per heavy atom. The second-order valence-corrected chi connectivity index (χ2v) is 9.10. The fraction of sp³-hybridized carbons (Fsp3) is 0.115. The number of amides is 1. The number of sulfonamides is 1. The van der Waals surface area contributed by atoms with Gasteiger partial charge in [0.25, 0.3) is 15.9 Å². The van der Waals surface area contributed by atoms with E-state index < -0.39 is 16.1 Å². The van der Waals surface area contributed by atoms with Crippen LogP contribution in [0.2, 0.25) is 0 Å². The number of nitrogens with one attached hydrogen (secondary N) is 2. The van der Waals surface area contributed by atoms with Crippen LogP contribution in [0, 0.1) is 0 Å². The van der Waals surface area contributed by atoms with E-state index in [-0.39, 0.29) is 10.8 Å². The van der Waals surface area contributed by atoms with Crippen LogP contribution in [0.15, 0.2) is 107 Å². The molecule has 8 heteroatoms. The van der Waals surface area contributed by atoms with Gasteiger partial charge >= 0.3 is 0 Å². The highest BCUT2D eigenvalue weighted by molar-refractivity contribution is 7.92. The van der Waals surface area contributed by atoms with Crippen LogP contribution in [0.1, 0.15) is 34.6 Å². The Hall–Kier alpha value is -4.04. The zero-order chi connectivity index (χ0) is 24.0. The first-order valence-electron chi connectivity index (χ1n) is 10.7. The maximum Gasteiger partial charge on any atom is 0.261 e. The predicted octanol–water partition coefficient (Wildman–Crippen LogP) is 5.00. The minimum absolute atomic E-state index is 0.0450. The van der Waals surface area contributed by atoms with E-state index in [2.05, 4.69) is 10.0 Å². The highest BCUT2D eigenvalue weighted by atomic mass is 32.2. The summed E-state index contributed by atoms with van der Waals surface area (Å²) in [6.45, 7) is 2.40. The molecule has 0 spiro atoms. The van der Waals surface area contributed by atoms with Gasteiger partial charge in [-0.3, -0.25) is 9.52 Å². The standard InChI is InChI=1S/C26H24N2O5S/c1-2-32-22-14-12-21(13-15-22)28-34(30,31)23-16-10-20(11-17-23)26(29)27-25(24-9-6-18-33-24)19-7-4-3-5-8-19/h3-18,25,28H,2H2,1H3,(H,27,29). The van der Waals surface area contributed by atoms with Crippen molar-refractivity contribution in [2.45, 2.75) is 17.9 Å². The molecule has 1 aromatic heterocycles. The van der Waals surface area contributed by atoms with E-state index >= 15 is 0 Å². The van der Waals surface area contributed by atoms with Gasteiger partial charge < -0.3 is 14.5 Å². The average molecular weight is 477 g/mol. The van der Waals surface area contributed by atoms with Gasteiger partial charge in [-0.1, -0.05) is 30.3 Å². The number of furan rings is 1. The van der Waals surface area contributed by atoms with E-state index in [1.165, 1.54) is 24.3 Å². The highest BCUT2D eigenvalue weighted by Crippen LogP contribution is 2.24. The molecule has 2 N–H and O–H groups in total. The van der Waals surface area contributed by atoms with E-state index in [0.29, 0.717) is 29.4 Å². The van der Waals surface area contributed by atoms with Crippen molar-refractivity contribution in [3.63, 3.8) is 0 Å². The minimum atomic E-state index is -3.82. The highest BCUT2D eigenvalue weighted by Gasteiger charge is 2.21. The lowest BCUT2D eigenvalue weighted by molar-refractivity contribution is 0.0939. The van der Waals surface area contributed by atoms with Crippen molar-refractivity contribution in [2.75, 3.05) is 11.3 Å². The van der Waals surface area contributed by atoms with Gasteiger partial charge in [-0.2, -0.15) is 0 Å². The van der Waals surface area contributed by atoms with Gasteiger partial charge in [0.2, 0.25) is 0 Å². The summed E-state index contributed by atoms with van der Waals surface area (Å²) >= 11 is 0. The monoisotopic (exact) mass is 476 g/mol. The zero-order valence-electron chi connectivity index (χ0n) is 18.5. The van der Waals surface area contributed by atoms with E-state index in [9.17, 15) is 13.2 Å². The Morgan fingerprint density at radius 2 is 1.62 bits per heavy atom. The molecule has 34 heavy (non-hydrogen) atoms. The molecule has 0 aliphatic heterocycles. The summed E-state index contributed by atoms with van der Waals surface area (Å²) < 4.78 is 38.9. The molecule has 3 aromatic carbocycles. The van der Waals surface area contributed by atoms with Gasteiger partial charge in [-0.05, 0) is 73.2 Å². The Labute approximate surface area is 198 Å². The van der Waals surface area contributed by atoms with Crippen LogP contribution >= 0.6 is 0 Å². The molecule has 4 aromatic rings. The van der Waals surface area contributed by atoms with E-state index in [4.69, 9.17) is 9.15 Å². The number of hydrogen-bond donors (Lipinski definition) is 2. The first kappa shape index (κ1) is 23.1. The molecule has 0 aliphatic carbocycles. The molecule has 0 fully saturated rings. The topological polar surface area (TPSA) is 97.6 Å². The van der Waals surface area contributed by atoms with Gasteiger partial charge in [-0.15, -0.1) is 0 Å². The Balaban J connectivity index is 1.48. The third kappa shape index (κ3) is 5.47. The van der Waals surface area contributed by atoms with Gasteiger partial charge in [0.1, 0.15) is 17.6 Å². The zero-order valence-corrected chi connectivity index (χ0v) is 19.3. The molecule has 7 nitrogen and oxygen atoms in total. The van der Waals surface area contributed by atoms with E-state index in [0.717, 1.165) is 5.56 Å². The number of rotatable bonds is 9. The molecule has 1 heterocycles. The summed E-state index contributed by atoms with van der Waals surface area (Å²) in [7, 11) is -3.82. The quantitative estimate of drug-likeness (QED) is 0.354. The SMILES string of the molecule is CCOc1ccc(NS(=O)(=O)c2ccc(C(=O)NC(c3ccccc3)c3ccco3)cc2)cc1. The molecule has 0 saturated heterocycles. The third-order valence-electron chi connectivity index (χ3n) is 5.08. The van der Waals surface area contributed by atoms with Crippen LogP contribution in [-0.2, 0) is 10.0 Å². The molecule has 0 radical (unpaired) electrons. The summed E-state index contributed by atoms with van der Waals surface area (Å²) in [4.78, 5) is 13.0. The van der Waals surface area contributed by atoms with Crippen LogP contribution in [0.4, 0.5) is 5.69 Å². The average Bonchev–Trinajstić information content (AvgIpc) is 3.39. The first-order valence-corrected chi connectivity index (χ1v) is 12.2. The predicted molar refractivity (Wildman–Crippen MR) is 129 cm³/mol. The molecule has 174 valence electrons. The van der Waals surface area contributed by atoms with Gasteiger partial charge in [0, 0.05) is 11.3 Å². The molecule has 0 aliphatic rings. The van der Waals surface area contributed by atoms with Gasteiger partial charge in [-0.25, -0.2) is 8.42 Å². The van der Waals surface area contributed by atoms with Gasteiger partial charge in [0.05, 0.1) is 17.8 Å². The molecule has 1 unspecified atom stereocenters. The van der Waals surface area contributed by atoms with Crippen LogP contribution in [0.5, 0.6) is 5.75 Å². The molecule has 1 atom stereocenters. The molecule has 0 saturated carbocycles. The summed E-state index contributed by atoms with van der Waals surface area (Å²) in [5, 5.41) is 2.96. The van der Waals surface area contributed by atoms with Crippen LogP contribution < -0.4 is 14.8 Å². The van der Waals surface area contributed by atoms with Crippen molar-refractivity contribution >= 4 is 21.6 Å². The minimum Gasteiger partial charge on any atom is -0.494 e. The normalized spacial score (nSPS) is 12.0.